The molecule has 2 aromatic rings. The van der Waals surface area contributed by atoms with Gasteiger partial charge in [0.2, 0.25) is 17.5 Å². The Labute approximate surface area is 218 Å². The van der Waals surface area contributed by atoms with Crippen LogP contribution >= 0.6 is 0 Å². The minimum atomic E-state index is -0.831. The van der Waals surface area contributed by atoms with Crippen LogP contribution in [0.15, 0.2) is 53.9 Å². The Kier molecular flexibility index (Phi) is 8.28. The van der Waals surface area contributed by atoms with E-state index in [-0.39, 0.29) is 66.7 Å². The molecular formula is C27H28F2N4O5. The number of nitrogens with zero attached hydrogens (tertiary/aromatic N) is 3. The van der Waals surface area contributed by atoms with E-state index in [1.807, 2.05) is 4.90 Å². The summed E-state index contributed by atoms with van der Waals surface area (Å²) in [4.78, 5) is 57.3. The van der Waals surface area contributed by atoms with Crippen molar-refractivity contribution in [2.45, 2.75) is 0 Å². The second-order valence-corrected chi connectivity index (χ2v) is 8.94. The fourth-order valence-corrected chi connectivity index (χ4v) is 4.64. The van der Waals surface area contributed by atoms with Crippen molar-refractivity contribution in [2.75, 3.05) is 60.0 Å². The number of likely N-dealkylation sites (N-methyl/N-ethyl adjacent to an activating group) is 1. The van der Waals surface area contributed by atoms with Gasteiger partial charge in [-0.2, -0.15) is 0 Å². The number of nitrogens with one attached hydrogen (secondary N) is 1. The average molecular weight is 527 g/mol. The number of hydrogen-bond donors (Lipinski definition) is 1. The van der Waals surface area contributed by atoms with E-state index in [1.165, 1.54) is 24.0 Å². The molecule has 2 aromatic carbocycles. The highest BCUT2D eigenvalue weighted by Crippen LogP contribution is 2.27. The molecule has 0 spiro atoms. The number of allylic oxidation sites excluding steroid dienone is 2. The monoisotopic (exact) mass is 526 g/mol. The molecule has 0 unspecified atom stereocenters. The van der Waals surface area contributed by atoms with Gasteiger partial charge in [-0.1, -0.05) is 24.3 Å². The molecule has 38 heavy (non-hydrogen) atoms. The second kappa shape index (κ2) is 11.6. The summed E-state index contributed by atoms with van der Waals surface area (Å²) in [5.41, 5.74) is 0.424. The lowest BCUT2D eigenvalue weighted by Crippen LogP contribution is -2.52. The zero-order chi connectivity index (χ0) is 27.4. The number of amides is 2. The topological polar surface area (TPSA) is 99.3 Å². The molecule has 0 radical (unpaired) electrons. The lowest BCUT2D eigenvalue weighted by molar-refractivity contribution is -0.131. The summed E-state index contributed by atoms with van der Waals surface area (Å²) in [7, 11) is 2.99. The van der Waals surface area contributed by atoms with Crippen LogP contribution in [0.4, 0.5) is 8.78 Å². The summed E-state index contributed by atoms with van der Waals surface area (Å²) in [6.07, 6.45) is 0. The first-order valence-corrected chi connectivity index (χ1v) is 12.1. The zero-order valence-corrected chi connectivity index (χ0v) is 21.1. The van der Waals surface area contributed by atoms with Crippen LogP contribution in [0.3, 0.4) is 0 Å². The zero-order valence-electron chi connectivity index (χ0n) is 21.1. The Hall–Kier alpha value is -3.96. The lowest BCUT2D eigenvalue weighted by atomic mass is 9.89. The van der Waals surface area contributed by atoms with Crippen LogP contribution in [-0.4, -0.2) is 98.1 Å². The van der Waals surface area contributed by atoms with Crippen molar-refractivity contribution in [3.05, 3.63) is 82.2 Å². The Balaban J connectivity index is 1.49. The third-order valence-electron chi connectivity index (χ3n) is 6.56. The highest BCUT2D eigenvalue weighted by molar-refractivity contribution is 6.27. The van der Waals surface area contributed by atoms with Crippen LogP contribution in [0.5, 0.6) is 0 Å². The standard InChI is InChI=1S/C27H28F2N4O5/c1-30-23-24(26(36)21-6-4-3-5-20(21)25(23)35)33(11-12-38-2)22(34)16-31-7-9-32(10-8-31)27(37)17-13-18(28)15-19(29)14-17/h3-6,13-15,30H,7-12,16H2,1-2H3. The molecule has 0 bridgehead atoms. The van der Waals surface area contributed by atoms with Crippen molar-refractivity contribution in [2.24, 2.45) is 0 Å². The number of carbonyl (C=O) groups excluding carboxylic acids is 4. The maximum atomic E-state index is 13.5. The number of carbonyl (C=O) groups is 4. The van der Waals surface area contributed by atoms with Gasteiger partial charge in [0.25, 0.3) is 5.91 Å². The van der Waals surface area contributed by atoms with Crippen molar-refractivity contribution in [1.29, 1.82) is 0 Å². The first-order valence-electron chi connectivity index (χ1n) is 12.1. The second-order valence-electron chi connectivity index (χ2n) is 8.94. The molecule has 1 N–H and O–H groups in total. The molecule has 11 heteroatoms. The van der Waals surface area contributed by atoms with Crippen molar-refractivity contribution in [1.82, 2.24) is 20.0 Å². The summed E-state index contributed by atoms with van der Waals surface area (Å²) in [6.45, 7) is 1.30. The molecular weight excluding hydrogens is 498 g/mol. The SMILES string of the molecule is CNC1=C(N(CCOC)C(=O)CN2CCN(C(=O)c3cc(F)cc(F)c3)CC2)C(=O)c2ccccc2C1=O. The molecule has 9 nitrogen and oxygen atoms in total. The highest BCUT2D eigenvalue weighted by atomic mass is 19.1. The van der Waals surface area contributed by atoms with E-state index in [9.17, 15) is 28.0 Å². The van der Waals surface area contributed by atoms with Crippen LogP contribution in [0.1, 0.15) is 31.1 Å². The molecule has 1 saturated heterocycles. The fraction of sp³-hybridized carbons (Fsp3) is 0.333. The largest absolute Gasteiger partial charge is 0.383 e. The average Bonchev–Trinajstić information content (AvgIpc) is 2.91. The Bertz CT molecular complexity index is 1280. The van der Waals surface area contributed by atoms with E-state index in [2.05, 4.69) is 5.32 Å². The summed E-state index contributed by atoms with van der Waals surface area (Å²) in [6, 6.07) is 9.14. The maximum Gasteiger partial charge on any atom is 0.254 e. The van der Waals surface area contributed by atoms with Gasteiger partial charge in [0.05, 0.1) is 13.2 Å². The van der Waals surface area contributed by atoms with Crippen molar-refractivity contribution in [3.8, 4) is 0 Å². The van der Waals surface area contributed by atoms with E-state index in [0.29, 0.717) is 19.2 Å². The number of ketones is 2. The molecule has 200 valence electrons. The molecule has 1 fully saturated rings. The van der Waals surface area contributed by atoms with E-state index in [4.69, 9.17) is 4.74 Å². The van der Waals surface area contributed by atoms with Crippen LogP contribution in [0.25, 0.3) is 0 Å². The van der Waals surface area contributed by atoms with Crippen LogP contribution < -0.4 is 5.32 Å². The molecule has 1 aliphatic carbocycles. The van der Waals surface area contributed by atoms with Crippen molar-refractivity contribution >= 4 is 23.4 Å². The summed E-state index contributed by atoms with van der Waals surface area (Å²) in [5, 5.41) is 2.80. The molecule has 2 amide bonds. The first kappa shape index (κ1) is 27.1. The van der Waals surface area contributed by atoms with Crippen molar-refractivity contribution in [3.63, 3.8) is 0 Å². The van der Waals surface area contributed by atoms with Crippen LogP contribution in [0.2, 0.25) is 0 Å². The number of methoxy groups -OCH3 is 1. The molecule has 0 aromatic heterocycles. The summed E-state index contributed by atoms with van der Waals surface area (Å²) < 4.78 is 32.2. The number of Topliss-reactive ketones (excluding diaryl/α,β-unsaturated/α-hetero) is 2. The fourth-order valence-electron chi connectivity index (χ4n) is 4.64. The van der Waals surface area contributed by atoms with E-state index in [1.54, 1.807) is 24.3 Å². The van der Waals surface area contributed by atoms with Gasteiger partial charge in [-0.05, 0) is 12.1 Å². The first-order chi connectivity index (χ1) is 18.2. The number of fused-ring (bicyclic) bond motifs is 1. The number of hydrogen-bond acceptors (Lipinski definition) is 7. The van der Waals surface area contributed by atoms with Gasteiger partial charge in [-0.25, -0.2) is 8.78 Å². The lowest BCUT2D eigenvalue weighted by Gasteiger charge is -2.36. The van der Waals surface area contributed by atoms with Gasteiger partial charge in [0, 0.05) is 69.6 Å². The van der Waals surface area contributed by atoms with E-state index >= 15 is 0 Å². The highest BCUT2D eigenvalue weighted by Gasteiger charge is 2.37. The van der Waals surface area contributed by atoms with Crippen LogP contribution in [0, 0.1) is 11.6 Å². The minimum Gasteiger partial charge on any atom is -0.383 e. The Morgan fingerprint density at radius 2 is 1.58 bits per heavy atom. The van der Waals surface area contributed by atoms with Crippen LogP contribution in [-0.2, 0) is 9.53 Å². The number of halogens is 2. The third kappa shape index (κ3) is 5.48. The Morgan fingerprint density at radius 1 is 0.974 bits per heavy atom. The van der Waals surface area contributed by atoms with E-state index in [0.717, 1.165) is 12.1 Å². The van der Waals surface area contributed by atoms with Gasteiger partial charge in [-0.3, -0.25) is 24.1 Å². The van der Waals surface area contributed by atoms with Gasteiger partial charge in [0.1, 0.15) is 23.0 Å². The van der Waals surface area contributed by atoms with Crippen molar-refractivity contribution < 1.29 is 32.7 Å². The van der Waals surface area contributed by atoms with Gasteiger partial charge in [0.15, 0.2) is 0 Å². The molecule has 4 rings (SSSR count). The molecule has 1 aliphatic heterocycles. The van der Waals surface area contributed by atoms with Gasteiger partial charge in [-0.15, -0.1) is 0 Å². The molecule has 2 aliphatic rings. The quantitative estimate of drug-likeness (QED) is 0.559. The predicted molar refractivity (Wildman–Crippen MR) is 133 cm³/mol. The summed E-state index contributed by atoms with van der Waals surface area (Å²) in [5.74, 6) is -3.38. The number of ether oxygens (including phenoxy) is 1. The van der Waals surface area contributed by atoms with Gasteiger partial charge >= 0.3 is 0 Å². The number of piperazine rings is 1. The van der Waals surface area contributed by atoms with Gasteiger partial charge < -0.3 is 19.9 Å². The normalized spacial score (nSPS) is 15.9. The number of benzene rings is 2. The molecule has 0 saturated carbocycles. The molecule has 1 heterocycles. The predicted octanol–water partition coefficient (Wildman–Crippen LogP) is 1.71. The smallest absolute Gasteiger partial charge is 0.254 e. The number of rotatable bonds is 8. The minimum absolute atomic E-state index is 0.0276. The Morgan fingerprint density at radius 3 is 2.16 bits per heavy atom. The maximum absolute atomic E-state index is 13.5. The summed E-state index contributed by atoms with van der Waals surface area (Å²) >= 11 is 0. The third-order valence-corrected chi connectivity index (χ3v) is 6.56. The van der Waals surface area contributed by atoms with E-state index < -0.39 is 29.2 Å². The molecule has 0 atom stereocenters.